The van der Waals surface area contributed by atoms with E-state index < -0.39 is 11.0 Å². The number of Topliss-reactive ketones (excluding diaryl/α,β-unsaturated/α-hetero) is 1. The Morgan fingerprint density at radius 1 is 1.15 bits per heavy atom. The fourth-order valence-corrected chi connectivity index (χ4v) is 4.83. The van der Waals surface area contributed by atoms with Gasteiger partial charge in [-0.25, -0.2) is 0 Å². The van der Waals surface area contributed by atoms with Crippen LogP contribution in [-0.4, -0.2) is 40.4 Å². The van der Waals surface area contributed by atoms with E-state index in [4.69, 9.17) is 4.74 Å². The molecule has 1 spiro atoms. The van der Waals surface area contributed by atoms with Gasteiger partial charge in [0.15, 0.2) is 5.78 Å². The largest absolute Gasteiger partial charge is 0.395 e. The Labute approximate surface area is 120 Å². The standard InChI is InChI=1S/C16H26O4/c1-13(2)11-4-5-14(3)6-7-15(9-17,10-18)12(19)16(14,8-11)20-13/h11,17-18H,4-10H2,1-3H3/t11-,14-,16?/m1/s1. The number of aliphatic hydroxyl groups excluding tert-OH is 2. The molecule has 20 heavy (non-hydrogen) atoms. The summed E-state index contributed by atoms with van der Waals surface area (Å²) in [6.07, 6.45) is 4.24. The molecule has 2 bridgehead atoms. The van der Waals surface area contributed by atoms with Crippen LogP contribution in [0.3, 0.4) is 0 Å². The topological polar surface area (TPSA) is 66.8 Å². The van der Waals surface area contributed by atoms with Gasteiger partial charge in [-0.3, -0.25) is 4.79 Å². The van der Waals surface area contributed by atoms with Crippen molar-refractivity contribution in [2.75, 3.05) is 13.2 Å². The third kappa shape index (κ3) is 1.50. The van der Waals surface area contributed by atoms with Gasteiger partial charge in [-0.15, -0.1) is 0 Å². The van der Waals surface area contributed by atoms with Crippen LogP contribution in [0.2, 0.25) is 0 Å². The maximum absolute atomic E-state index is 13.2. The van der Waals surface area contributed by atoms with Crippen LogP contribution in [0.25, 0.3) is 0 Å². The first-order valence-electron chi connectivity index (χ1n) is 7.72. The number of fused-ring (bicyclic) bond motifs is 1. The van der Waals surface area contributed by atoms with Crippen molar-refractivity contribution in [1.29, 1.82) is 0 Å². The molecule has 1 heterocycles. The van der Waals surface area contributed by atoms with Gasteiger partial charge in [0.05, 0.1) is 24.2 Å². The molecule has 1 unspecified atom stereocenters. The van der Waals surface area contributed by atoms with Gasteiger partial charge in [-0.2, -0.15) is 0 Å². The van der Waals surface area contributed by atoms with Crippen LogP contribution >= 0.6 is 0 Å². The molecule has 1 aliphatic heterocycles. The molecule has 0 radical (unpaired) electrons. The molecule has 0 amide bonds. The molecule has 4 nitrogen and oxygen atoms in total. The molecule has 0 aromatic rings. The number of carbonyl (C=O) groups is 1. The highest BCUT2D eigenvalue weighted by Gasteiger charge is 2.71. The van der Waals surface area contributed by atoms with Crippen LogP contribution in [0.1, 0.15) is 52.9 Å². The minimum atomic E-state index is -1.01. The fraction of sp³-hybridized carbons (Fsp3) is 0.938. The zero-order valence-corrected chi connectivity index (χ0v) is 12.7. The third-order valence-corrected chi connectivity index (χ3v) is 6.58. The van der Waals surface area contributed by atoms with E-state index in [-0.39, 0.29) is 30.0 Å². The van der Waals surface area contributed by atoms with Crippen LogP contribution in [-0.2, 0) is 9.53 Å². The Morgan fingerprint density at radius 3 is 2.40 bits per heavy atom. The Bertz CT molecular complexity index is 440. The smallest absolute Gasteiger partial charge is 0.175 e. The Morgan fingerprint density at radius 2 is 1.80 bits per heavy atom. The SMILES string of the molecule is CC1(C)OC23C[C@H]1CC[C@]2(C)CCC(CO)(CO)C3=O. The number of hydrogen-bond donors (Lipinski definition) is 2. The van der Waals surface area contributed by atoms with E-state index >= 15 is 0 Å². The summed E-state index contributed by atoms with van der Waals surface area (Å²) < 4.78 is 6.37. The van der Waals surface area contributed by atoms with Crippen LogP contribution in [0.5, 0.6) is 0 Å². The third-order valence-electron chi connectivity index (χ3n) is 6.58. The van der Waals surface area contributed by atoms with E-state index in [1.165, 1.54) is 0 Å². The van der Waals surface area contributed by atoms with Gasteiger partial charge in [-0.05, 0) is 51.9 Å². The Kier molecular flexibility index (Phi) is 2.93. The quantitative estimate of drug-likeness (QED) is 0.808. The first kappa shape index (κ1) is 14.5. The number of aliphatic hydroxyl groups is 2. The number of ether oxygens (including phenoxy) is 1. The van der Waals surface area contributed by atoms with E-state index in [1.54, 1.807) is 0 Å². The second-order valence-electron chi connectivity index (χ2n) is 7.96. The summed E-state index contributed by atoms with van der Waals surface area (Å²) in [5.74, 6) is 0.340. The van der Waals surface area contributed by atoms with Crippen LogP contribution < -0.4 is 0 Å². The minimum Gasteiger partial charge on any atom is -0.395 e. The van der Waals surface area contributed by atoms with E-state index in [0.717, 1.165) is 25.7 Å². The van der Waals surface area contributed by atoms with Crippen molar-refractivity contribution in [1.82, 2.24) is 0 Å². The lowest BCUT2D eigenvalue weighted by molar-refractivity contribution is -0.201. The second-order valence-corrected chi connectivity index (χ2v) is 7.96. The van der Waals surface area contributed by atoms with Crippen molar-refractivity contribution < 1.29 is 19.7 Å². The Hall–Kier alpha value is -0.450. The maximum atomic E-state index is 13.2. The second kappa shape index (κ2) is 4.05. The monoisotopic (exact) mass is 282 g/mol. The van der Waals surface area contributed by atoms with E-state index in [2.05, 4.69) is 20.8 Å². The van der Waals surface area contributed by atoms with Crippen LogP contribution in [0, 0.1) is 16.7 Å². The first-order chi connectivity index (χ1) is 9.25. The molecule has 3 aliphatic rings. The highest BCUT2D eigenvalue weighted by Crippen LogP contribution is 2.65. The molecule has 2 N–H and O–H groups in total. The van der Waals surface area contributed by atoms with Crippen molar-refractivity contribution in [3.05, 3.63) is 0 Å². The number of rotatable bonds is 2. The average molecular weight is 282 g/mol. The van der Waals surface area contributed by atoms with Gasteiger partial charge in [0.1, 0.15) is 5.60 Å². The summed E-state index contributed by atoms with van der Waals surface area (Å²) in [6, 6.07) is 0. The first-order valence-corrected chi connectivity index (χ1v) is 7.72. The molecule has 0 aromatic carbocycles. The van der Waals surface area contributed by atoms with Crippen molar-refractivity contribution in [2.45, 2.75) is 64.1 Å². The number of ketones is 1. The lowest BCUT2D eigenvalue weighted by atomic mass is 9.50. The predicted octanol–water partition coefficient (Wildman–Crippen LogP) is 1.67. The van der Waals surface area contributed by atoms with Crippen molar-refractivity contribution in [3.8, 4) is 0 Å². The highest BCUT2D eigenvalue weighted by atomic mass is 16.5. The van der Waals surface area contributed by atoms with Crippen molar-refractivity contribution in [2.24, 2.45) is 16.7 Å². The average Bonchev–Trinajstić information content (AvgIpc) is 2.65. The van der Waals surface area contributed by atoms with E-state index in [1.807, 2.05) is 0 Å². The lowest BCUT2D eigenvalue weighted by Crippen LogP contribution is -2.65. The summed E-state index contributed by atoms with van der Waals surface area (Å²) >= 11 is 0. The van der Waals surface area contributed by atoms with Gasteiger partial charge >= 0.3 is 0 Å². The molecule has 2 saturated carbocycles. The number of carbonyl (C=O) groups excluding carboxylic acids is 1. The molecular formula is C16H26O4. The molecule has 0 aromatic heterocycles. The zero-order valence-electron chi connectivity index (χ0n) is 12.7. The fourth-order valence-electron chi connectivity index (χ4n) is 4.83. The summed E-state index contributed by atoms with van der Waals surface area (Å²) in [7, 11) is 0. The van der Waals surface area contributed by atoms with Gasteiger partial charge in [-0.1, -0.05) is 6.92 Å². The van der Waals surface area contributed by atoms with E-state index in [9.17, 15) is 15.0 Å². The summed E-state index contributed by atoms with van der Waals surface area (Å²) in [4.78, 5) is 13.2. The minimum absolute atomic E-state index is 0.0565. The molecule has 1 saturated heterocycles. The molecule has 2 aliphatic carbocycles. The van der Waals surface area contributed by atoms with Crippen molar-refractivity contribution >= 4 is 5.78 Å². The summed E-state index contributed by atoms with van der Waals surface area (Å²) in [6.45, 7) is 5.73. The summed E-state index contributed by atoms with van der Waals surface area (Å²) in [5, 5.41) is 19.4. The van der Waals surface area contributed by atoms with Crippen molar-refractivity contribution in [3.63, 3.8) is 0 Å². The molecule has 4 heteroatoms. The van der Waals surface area contributed by atoms with Gasteiger partial charge in [0.25, 0.3) is 0 Å². The summed E-state index contributed by atoms with van der Waals surface area (Å²) in [5.41, 5.74) is -2.26. The van der Waals surface area contributed by atoms with Crippen LogP contribution in [0.4, 0.5) is 0 Å². The Balaban J connectivity index is 2.08. The highest BCUT2D eigenvalue weighted by molar-refractivity contribution is 5.95. The molecular weight excluding hydrogens is 256 g/mol. The molecule has 114 valence electrons. The van der Waals surface area contributed by atoms with E-state index in [0.29, 0.717) is 12.3 Å². The van der Waals surface area contributed by atoms with Gasteiger partial charge in [0.2, 0.25) is 0 Å². The molecule has 3 rings (SSSR count). The molecule has 3 atom stereocenters. The lowest BCUT2D eigenvalue weighted by Gasteiger charge is -2.55. The normalized spacial score (nSPS) is 45.2. The van der Waals surface area contributed by atoms with Gasteiger partial charge < -0.3 is 14.9 Å². The van der Waals surface area contributed by atoms with Gasteiger partial charge in [0, 0.05) is 5.41 Å². The zero-order chi connectivity index (χ0) is 14.8. The van der Waals surface area contributed by atoms with Crippen LogP contribution in [0.15, 0.2) is 0 Å². The molecule has 3 fully saturated rings. The predicted molar refractivity (Wildman–Crippen MR) is 74.2 cm³/mol. The maximum Gasteiger partial charge on any atom is 0.175 e. The number of hydrogen-bond acceptors (Lipinski definition) is 4.